The van der Waals surface area contributed by atoms with E-state index in [1.54, 1.807) is 4.68 Å². The van der Waals surface area contributed by atoms with Gasteiger partial charge in [-0.3, -0.25) is 4.79 Å². The lowest BCUT2D eigenvalue weighted by Gasteiger charge is -2.24. The van der Waals surface area contributed by atoms with Crippen molar-refractivity contribution in [3.63, 3.8) is 0 Å². The van der Waals surface area contributed by atoms with Crippen molar-refractivity contribution in [3.05, 3.63) is 11.6 Å². The molecule has 0 aromatic carbocycles. The molecule has 0 saturated heterocycles. The zero-order valence-electron chi connectivity index (χ0n) is 10.9. The lowest BCUT2D eigenvalue weighted by atomic mass is 9.95. The molecule has 6 nitrogen and oxygen atoms in total. The SMILES string of the molecule is CCc1nc(CC)n(CC(N)(C(=O)O)C2CC2)n1. The van der Waals surface area contributed by atoms with Gasteiger partial charge in [0, 0.05) is 12.8 Å². The summed E-state index contributed by atoms with van der Waals surface area (Å²) in [6, 6.07) is 0. The van der Waals surface area contributed by atoms with Crippen LogP contribution in [0.15, 0.2) is 0 Å². The predicted octanol–water partition coefficient (Wildman–Crippen LogP) is 0.595. The number of hydrogen-bond acceptors (Lipinski definition) is 4. The summed E-state index contributed by atoms with van der Waals surface area (Å²) >= 11 is 0. The Morgan fingerprint density at radius 2 is 2.17 bits per heavy atom. The highest BCUT2D eigenvalue weighted by Crippen LogP contribution is 2.39. The summed E-state index contributed by atoms with van der Waals surface area (Å²) in [6.07, 6.45) is 3.25. The van der Waals surface area contributed by atoms with Crippen molar-refractivity contribution in [2.24, 2.45) is 11.7 Å². The van der Waals surface area contributed by atoms with Crippen molar-refractivity contribution in [1.29, 1.82) is 0 Å². The second-order valence-corrected chi connectivity index (χ2v) is 4.93. The van der Waals surface area contributed by atoms with Gasteiger partial charge in [0.15, 0.2) is 5.82 Å². The summed E-state index contributed by atoms with van der Waals surface area (Å²) in [7, 11) is 0. The van der Waals surface area contributed by atoms with E-state index in [2.05, 4.69) is 10.1 Å². The Kier molecular flexibility index (Phi) is 3.38. The van der Waals surface area contributed by atoms with Crippen LogP contribution in [0.5, 0.6) is 0 Å². The molecule has 0 spiro atoms. The molecule has 18 heavy (non-hydrogen) atoms. The molecule has 1 saturated carbocycles. The number of nitrogens with zero attached hydrogens (tertiary/aromatic N) is 3. The summed E-state index contributed by atoms with van der Waals surface area (Å²) in [4.78, 5) is 15.8. The van der Waals surface area contributed by atoms with E-state index in [1.165, 1.54) is 0 Å². The molecule has 0 radical (unpaired) electrons. The first-order chi connectivity index (χ1) is 8.51. The number of carbonyl (C=O) groups is 1. The van der Waals surface area contributed by atoms with Gasteiger partial charge in [0.25, 0.3) is 0 Å². The molecular formula is C12H20N4O2. The molecule has 1 unspecified atom stereocenters. The van der Waals surface area contributed by atoms with E-state index < -0.39 is 11.5 Å². The first-order valence-electron chi connectivity index (χ1n) is 6.46. The standard InChI is InChI=1S/C12H20N4O2/c1-3-9-14-10(4-2)16(15-9)7-12(13,11(17)18)8-5-6-8/h8H,3-7,13H2,1-2H3,(H,17,18). The number of nitrogens with two attached hydrogens (primary N) is 1. The number of carboxylic acid groups (broad SMARTS) is 1. The Morgan fingerprint density at radius 3 is 2.61 bits per heavy atom. The minimum Gasteiger partial charge on any atom is -0.480 e. The van der Waals surface area contributed by atoms with E-state index in [0.717, 1.165) is 37.3 Å². The lowest BCUT2D eigenvalue weighted by Crippen LogP contribution is -2.53. The Balaban J connectivity index is 2.26. The van der Waals surface area contributed by atoms with Crippen molar-refractivity contribution < 1.29 is 9.90 Å². The third-order valence-corrected chi connectivity index (χ3v) is 3.54. The van der Waals surface area contributed by atoms with Crippen LogP contribution in [0.4, 0.5) is 0 Å². The molecule has 1 atom stereocenters. The zero-order chi connectivity index (χ0) is 13.3. The first kappa shape index (κ1) is 13.0. The number of hydrogen-bond donors (Lipinski definition) is 2. The minimum absolute atomic E-state index is 0.0639. The highest BCUT2D eigenvalue weighted by molar-refractivity contribution is 5.79. The van der Waals surface area contributed by atoms with Crippen molar-refractivity contribution in [2.75, 3.05) is 0 Å². The summed E-state index contributed by atoms with van der Waals surface area (Å²) in [5.74, 6) is 0.675. The molecule has 0 amide bonds. The monoisotopic (exact) mass is 252 g/mol. The highest BCUT2D eigenvalue weighted by atomic mass is 16.4. The molecule has 1 aromatic heterocycles. The maximum absolute atomic E-state index is 11.4. The van der Waals surface area contributed by atoms with Gasteiger partial charge in [0.2, 0.25) is 0 Å². The molecule has 1 fully saturated rings. The second kappa shape index (κ2) is 4.68. The summed E-state index contributed by atoms with van der Waals surface area (Å²) < 4.78 is 1.67. The Morgan fingerprint density at radius 1 is 1.50 bits per heavy atom. The molecule has 1 aliphatic carbocycles. The van der Waals surface area contributed by atoms with Crippen LogP contribution in [0.2, 0.25) is 0 Å². The third-order valence-electron chi connectivity index (χ3n) is 3.54. The van der Waals surface area contributed by atoms with Gasteiger partial charge >= 0.3 is 5.97 Å². The Labute approximate surface area is 106 Å². The van der Waals surface area contributed by atoms with Gasteiger partial charge in [-0.25, -0.2) is 9.67 Å². The molecule has 3 N–H and O–H groups in total. The first-order valence-corrected chi connectivity index (χ1v) is 6.46. The van der Waals surface area contributed by atoms with Gasteiger partial charge in [-0.15, -0.1) is 0 Å². The van der Waals surface area contributed by atoms with Crippen LogP contribution >= 0.6 is 0 Å². The Bertz CT molecular complexity index is 453. The van der Waals surface area contributed by atoms with Crippen molar-refractivity contribution in [1.82, 2.24) is 14.8 Å². The molecule has 1 aliphatic rings. The van der Waals surface area contributed by atoms with Gasteiger partial charge in [0.1, 0.15) is 11.4 Å². The van der Waals surface area contributed by atoms with Gasteiger partial charge in [0.05, 0.1) is 6.54 Å². The molecule has 0 aliphatic heterocycles. The van der Waals surface area contributed by atoms with Crippen LogP contribution in [0.1, 0.15) is 38.3 Å². The normalized spacial score (nSPS) is 18.6. The van der Waals surface area contributed by atoms with Gasteiger partial charge < -0.3 is 10.8 Å². The number of aromatic nitrogens is 3. The molecular weight excluding hydrogens is 232 g/mol. The van der Waals surface area contributed by atoms with E-state index in [0.29, 0.717) is 0 Å². The number of aliphatic carboxylic acids is 1. The van der Waals surface area contributed by atoms with E-state index in [9.17, 15) is 9.90 Å². The van der Waals surface area contributed by atoms with Crippen LogP contribution in [0.3, 0.4) is 0 Å². The fraction of sp³-hybridized carbons (Fsp3) is 0.750. The smallest absolute Gasteiger partial charge is 0.325 e. The van der Waals surface area contributed by atoms with Gasteiger partial charge in [-0.05, 0) is 18.8 Å². The molecule has 0 bridgehead atoms. The summed E-state index contributed by atoms with van der Waals surface area (Å²) in [6.45, 7) is 4.17. The number of carboxylic acids is 1. The van der Waals surface area contributed by atoms with Gasteiger partial charge in [-0.2, -0.15) is 5.10 Å². The molecule has 100 valence electrons. The predicted molar refractivity (Wildman–Crippen MR) is 66.1 cm³/mol. The van der Waals surface area contributed by atoms with E-state index in [4.69, 9.17) is 5.73 Å². The van der Waals surface area contributed by atoms with Crippen molar-refractivity contribution in [2.45, 2.75) is 51.6 Å². The summed E-state index contributed by atoms with van der Waals surface area (Å²) in [5, 5.41) is 13.7. The second-order valence-electron chi connectivity index (χ2n) is 4.93. The highest BCUT2D eigenvalue weighted by Gasteiger charge is 2.49. The van der Waals surface area contributed by atoms with E-state index in [-0.39, 0.29) is 12.5 Å². The van der Waals surface area contributed by atoms with Crippen molar-refractivity contribution in [3.8, 4) is 0 Å². The van der Waals surface area contributed by atoms with Crippen LogP contribution in [0.25, 0.3) is 0 Å². The summed E-state index contributed by atoms with van der Waals surface area (Å²) in [5.41, 5.74) is 4.86. The maximum atomic E-state index is 11.4. The van der Waals surface area contributed by atoms with Crippen LogP contribution < -0.4 is 5.73 Å². The fourth-order valence-electron chi connectivity index (χ4n) is 2.18. The van der Waals surface area contributed by atoms with E-state index >= 15 is 0 Å². The van der Waals surface area contributed by atoms with Crippen LogP contribution in [-0.4, -0.2) is 31.4 Å². The maximum Gasteiger partial charge on any atom is 0.325 e. The quantitative estimate of drug-likeness (QED) is 0.773. The number of rotatable bonds is 6. The van der Waals surface area contributed by atoms with Gasteiger partial charge in [-0.1, -0.05) is 13.8 Å². The van der Waals surface area contributed by atoms with Crippen LogP contribution in [0, 0.1) is 5.92 Å². The average Bonchev–Trinajstić information content (AvgIpc) is 3.12. The molecule has 6 heteroatoms. The third kappa shape index (κ3) is 2.25. The average molecular weight is 252 g/mol. The minimum atomic E-state index is -1.21. The topological polar surface area (TPSA) is 94.0 Å². The lowest BCUT2D eigenvalue weighted by molar-refractivity contribution is -0.145. The molecule has 1 heterocycles. The van der Waals surface area contributed by atoms with E-state index in [1.807, 2.05) is 13.8 Å². The molecule has 1 aromatic rings. The number of aryl methyl sites for hydroxylation is 2. The van der Waals surface area contributed by atoms with Crippen LogP contribution in [-0.2, 0) is 24.2 Å². The zero-order valence-corrected chi connectivity index (χ0v) is 10.9. The molecule has 2 rings (SSSR count). The Hall–Kier alpha value is -1.43. The van der Waals surface area contributed by atoms with Crippen molar-refractivity contribution >= 4 is 5.97 Å². The fourth-order valence-corrected chi connectivity index (χ4v) is 2.18. The largest absolute Gasteiger partial charge is 0.480 e.